The quantitative estimate of drug-likeness (QED) is 0.800. The molecule has 7 heteroatoms. The highest BCUT2D eigenvalue weighted by atomic mass is 32.1. The van der Waals surface area contributed by atoms with Gasteiger partial charge in [0.25, 0.3) is 5.91 Å². The van der Waals surface area contributed by atoms with Gasteiger partial charge in [-0.2, -0.15) is 0 Å². The topological polar surface area (TPSA) is 81.7 Å². The standard InChI is InChI=1S/C21H21NO5S/c1-11-7-8-12-10-15(27-20(24)14(12)9-11)18(23)22-19-17(21(25)26-2)13-5-3-4-6-16(13)28-19/h7-9,15H,3-6,10H2,1-2H3,(H,22,23)/t15-/m1/s1. The lowest BCUT2D eigenvalue weighted by Gasteiger charge is -2.24. The first-order chi connectivity index (χ1) is 13.5. The average Bonchev–Trinajstić information content (AvgIpc) is 3.05. The minimum atomic E-state index is -0.924. The van der Waals surface area contributed by atoms with Gasteiger partial charge in [0.05, 0.1) is 18.2 Å². The molecule has 2 aromatic rings. The summed E-state index contributed by atoms with van der Waals surface area (Å²) in [7, 11) is 1.34. The fraction of sp³-hybridized carbons (Fsp3) is 0.381. The number of benzene rings is 1. The maximum absolute atomic E-state index is 12.8. The highest BCUT2D eigenvalue weighted by Gasteiger charge is 2.33. The van der Waals surface area contributed by atoms with Crippen LogP contribution in [0.15, 0.2) is 18.2 Å². The third-order valence-electron chi connectivity index (χ3n) is 5.23. The molecule has 0 fully saturated rings. The number of carbonyl (C=O) groups excluding carboxylic acids is 3. The van der Waals surface area contributed by atoms with E-state index in [0.29, 0.717) is 22.5 Å². The highest BCUT2D eigenvalue weighted by Crippen LogP contribution is 2.38. The first kappa shape index (κ1) is 18.7. The van der Waals surface area contributed by atoms with E-state index in [1.165, 1.54) is 18.4 Å². The Kier molecular flexibility index (Phi) is 4.93. The maximum atomic E-state index is 12.8. The molecule has 0 saturated carbocycles. The van der Waals surface area contributed by atoms with Crippen molar-refractivity contribution in [2.75, 3.05) is 12.4 Å². The lowest BCUT2D eigenvalue weighted by atomic mass is 9.95. The van der Waals surface area contributed by atoms with Crippen LogP contribution in [0.25, 0.3) is 0 Å². The minimum Gasteiger partial charge on any atom is -0.465 e. The van der Waals surface area contributed by atoms with Crippen LogP contribution in [0, 0.1) is 6.92 Å². The van der Waals surface area contributed by atoms with Crippen LogP contribution < -0.4 is 5.32 Å². The number of esters is 2. The van der Waals surface area contributed by atoms with Crippen molar-refractivity contribution >= 4 is 34.2 Å². The molecule has 2 heterocycles. The van der Waals surface area contributed by atoms with Gasteiger partial charge in [-0.1, -0.05) is 17.7 Å². The molecule has 4 rings (SSSR count). The summed E-state index contributed by atoms with van der Waals surface area (Å²) in [4.78, 5) is 38.6. The van der Waals surface area contributed by atoms with E-state index in [1.54, 1.807) is 6.07 Å². The summed E-state index contributed by atoms with van der Waals surface area (Å²) in [5, 5.41) is 3.30. The van der Waals surface area contributed by atoms with E-state index in [-0.39, 0.29) is 0 Å². The van der Waals surface area contributed by atoms with E-state index in [4.69, 9.17) is 9.47 Å². The molecule has 1 aromatic heterocycles. The van der Waals surface area contributed by atoms with E-state index >= 15 is 0 Å². The Balaban J connectivity index is 1.59. The number of ether oxygens (including phenoxy) is 2. The number of rotatable bonds is 3. The van der Waals surface area contributed by atoms with E-state index in [0.717, 1.165) is 47.3 Å². The summed E-state index contributed by atoms with van der Waals surface area (Å²) in [6.07, 6.45) is 3.16. The van der Waals surface area contributed by atoms with E-state index in [9.17, 15) is 14.4 Å². The van der Waals surface area contributed by atoms with Crippen LogP contribution >= 0.6 is 11.3 Å². The van der Waals surface area contributed by atoms with Gasteiger partial charge in [0.15, 0.2) is 6.10 Å². The third kappa shape index (κ3) is 3.30. The van der Waals surface area contributed by atoms with Gasteiger partial charge in [-0.05, 0) is 49.8 Å². The zero-order valence-corrected chi connectivity index (χ0v) is 16.6. The Morgan fingerprint density at radius 2 is 2.04 bits per heavy atom. The molecule has 1 N–H and O–H groups in total. The second-order valence-corrected chi connectivity index (χ2v) is 8.26. The molecular weight excluding hydrogens is 378 g/mol. The molecule has 1 aromatic carbocycles. The summed E-state index contributed by atoms with van der Waals surface area (Å²) in [6.45, 7) is 1.90. The molecule has 1 atom stereocenters. The summed E-state index contributed by atoms with van der Waals surface area (Å²) in [5.41, 5.74) is 3.67. The average molecular weight is 399 g/mol. The molecule has 2 aliphatic rings. The summed E-state index contributed by atoms with van der Waals surface area (Å²) in [5.74, 6) is -1.37. The van der Waals surface area contributed by atoms with Crippen LogP contribution in [0.2, 0.25) is 0 Å². The molecule has 6 nitrogen and oxygen atoms in total. The van der Waals surface area contributed by atoms with Crippen LogP contribution in [-0.2, 0) is 33.5 Å². The SMILES string of the molecule is COC(=O)c1c(NC(=O)[C@H]2Cc3ccc(C)cc3C(=O)O2)sc2c1CCCC2. The van der Waals surface area contributed by atoms with Gasteiger partial charge in [0.1, 0.15) is 5.00 Å². The predicted octanol–water partition coefficient (Wildman–Crippen LogP) is 3.44. The Morgan fingerprint density at radius 3 is 2.82 bits per heavy atom. The summed E-state index contributed by atoms with van der Waals surface area (Å²) < 4.78 is 10.3. The number of hydrogen-bond donors (Lipinski definition) is 1. The number of hydrogen-bond acceptors (Lipinski definition) is 6. The smallest absolute Gasteiger partial charge is 0.341 e. The first-order valence-electron chi connectivity index (χ1n) is 9.32. The van der Waals surface area contributed by atoms with Crippen LogP contribution in [0.4, 0.5) is 5.00 Å². The molecule has 1 aliphatic carbocycles. The lowest BCUT2D eigenvalue weighted by Crippen LogP contribution is -2.38. The van der Waals surface area contributed by atoms with Crippen molar-refractivity contribution in [2.24, 2.45) is 0 Å². The predicted molar refractivity (Wildman–Crippen MR) is 105 cm³/mol. The van der Waals surface area contributed by atoms with Crippen molar-refractivity contribution < 1.29 is 23.9 Å². The first-order valence-corrected chi connectivity index (χ1v) is 10.1. The van der Waals surface area contributed by atoms with E-state index in [2.05, 4.69) is 5.32 Å². The Morgan fingerprint density at radius 1 is 1.25 bits per heavy atom. The lowest BCUT2D eigenvalue weighted by molar-refractivity contribution is -0.125. The molecule has 1 amide bonds. The van der Waals surface area contributed by atoms with Crippen molar-refractivity contribution in [3.63, 3.8) is 0 Å². The minimum absolute atomic E-state index is 0.311. The maximum Gasteiger partial charge on any atom is 0.341 e. The van der Waals surface area contributed by atoms with Gasteiger partial charge >= 0.3 is 11.9 Å². The number of amides is 1. The van der Waals surface area contributed by atoms with Crippen LogP contribution in [-0.4, -0.2) is 31.1 Å². The number of thiophene rings is 1. The van der Waals surface area contributed by atoms with Crippen LogP contribution in [0.1, 0.15) is 55.1 Å². The Bertz CT molecular complexity index is 977. The number of carbonyl (C=O) groups is 3. The number of anilines is 1. The van der Waals surface area contributed by atoms with Crippen LogP contribution in [0.3, 0.4) is 0 Å². The summed E-state index contributed by atoms with van der Waals surface area (Å²) >= 11 is 1.41. The second kappa shape index (κ2) is 7.39. The van der Waals surface area contributed by atoms with E-state index < -0.39 is 23.9 Å². The molecule has 0 radical (unpaired) electrons. The highest BCUT2D eigenvalue weighted by molar-refractivity contribution is 7.17. The fourth-order valence-corrected chi connectivity index (χ4v) is 5.08. The summed E-state index contributed by atoms with van der Waals surface area (Å²) in [6, 6.07) is 5.54. The number of aryl methyl sites for hydroxylation is 2. The third-order valence-corrected chi connectivity index (χ3v) is 6.44. The molecule has 0 bridgehead atoms. The van der Waals surface area contributed by atoms with Gasteiger partial charge in [0.2, 0.25) is 0 Å². The number of nitrogens with one attached hydrogen (secondary N) is 1. The Hall–Kier alpha value is -2.67. The number of fused-ring (bicyclic) bond motifs is 2. The van der Waals surface area contributed by atoms with E-state index in [1.807, 2.05) is 19.1 Å². The molecule has 0 unspecified atom stereocenters. The van der Waals surface area contributed by atoms with Gasteiger partial charge < -0.3 is 14.8 Å². The van der Waals surface area contributed by atoms with Crippen molar-refractivity contribution in [2.45, 2.75) is 45.1 Å². The Labute approximate surface area is 166 Å². The molecule has 28 heavy (non-hydrogen) atoms. The van der Waals surface area contributed by atoms with Gasteiger partial charge in [-0.15, -0.1) is 11.3 Å². The normalized spacial score (nSPS) is 17.9. The molecular formula is C21H21NO5S. The zero-order chi connectivity index (χ0) is 19.8. The van der Waals surface area contributed by atoms with Crippen molar-refractivity contribution in [3.8, 4) is 0 Å². The molecule has 1 aliphatic heterocycles. The largest absolute Gasteiger partial charge is 0.465 e. The van der Waals surface area contributed by atoms with Crippen molar-refractivity contribution in [3.05, 3.63) is 50.9 Å². The van der Waals surface area contributed by atoms with Gasteiger partial charge in [-0.3, -0.25) is 4.79 Å². The molecule has 0 saturated heterocycles. The van der Waals surface area contributed by atoms with Crippen molar-refractivity contribution in [1.82, 2.24) is 0 Å². The molecule has 0 spiro atoms. The molecule has 146 valence electrons. The fourth-order valence-electron chi connectivity index (χ4n) is 3.80. The monoisotopic (exact) mass is 399 g/mol. The van der Waals surface area contributed by atoms with Gasteiger partial charge in [0, 0.05) is 11.3 Å². The number of cyclic esters (lactones) is 1. The number of methoxy groups -OCH3 is 1. The van der Waals surface area contributed by atoms with Crippen molar-refractivity contribution in [1.29, 1.82) is 0 Å². The van der Waals surface area contributed by atoms with Gasteiger partial charge in [-0.25, -0.2) is 9.59 Å². The van der Waals surface area contributed by atoms with Crippen LogP contribution in [0.5, 0.6) is 0 Å². The second-order valence-electron chi connectivity index (χ2n) is 7.15. The zero-order valence-electron chi connectivity index (χ0n) is 15.8.